The Balaban J connectivity index is 1.59. The first kappa shape index (κ1) is 19.3. The molecule has 1 saturated carbocycles. The van der Waals surface area contributed by atoms with Crippen LogP contribution in [0.3, 0.4) is 0 Å². The van der Waals surface area contributed by atoms with Crippen molar-refractivity contribution in [3.63, 3.8) is 0 Å². The number of allylic oxidation sites excluding steroid dienone is 4. The highest BCUT2D eigenvalue weighted by Gasteiger charge is 2.44. The summed E-state index contributed by atoms with van der Waals surface area (Å²) in [7, 11) is 0. The van der Waals surface area contributed by atoms with Crippen molar-refractivity contribution < 1.29 is 13.9 Å². The first-order valence-corrected chi connectivity index (χ1v) is 8.88. The molecule has 0 aliphatic heterocycles. The molecule has 0 heterocycles. The smallest absolute Gasteiger partial charge is 0.168 e. The van der Waals surface area contributed by atoms with Crippen LogP contribution in [0.2, 0.25) is 0 Å². The van der Waals surface area contributed by atoms with Gasteiger partial charge in [-0.05, 0) is 54.7 Å². The van der Waals surface area contributed by atoms with Crippen LogP contribution >= 0.6 is 0 Å². The number of aliphatic hydroxyl groups excluding tert-OH is 1. The van der Waals surface area contributed by atoms with E-state index in [1.807, 2.05) is 24.3 Å². The standard InChI is InChI=1S/C22H22F2N2O/c1-2-15-4-3-5-17(10-15)22(8-9-22)26-14-21(27)20(25)12-16-6-7-18(23)13-19(24)11-16/h1,3-6,10-11,13,20-21,26-27H,8-9,12,14,25H2/t20?,21-/m1/s1. The first-order chi connectivity index (χ1) is 12.9. The van der Waals surface area contributed by atoms with Crippen LogP contribution in [0.5, 0.6) is 0 Å². The van der Waals surface area contributed by atoms with Crippen molar-refractivity contribution >= 4 is 0 Å². The fourth-order valence-electron chi connectivity index (χ4n) is 3.16. The normalized spacial score (nSPS) is 19.9. The summed E-state index contributed by atoms with van der Waals surface area (Å²) in [5.41, 5.74) is 10.6. The molecule has 3 rings (SSSR count). The molecule has 1 aromatic carbocycles. The maximum absolute atomic E-state index is 13.5. The van der Waals surface area contributed by atoms with E-state index in [0.29, 0.717) is 12.1 Å². The van der Waals surface area contributed by atoms with Gasteiger partial charge in [-0.1, -0.05) is 23.8 Å². The molecule has 4 N–H and O–H groups in total. The Morgan fingerprint density at radius 2 is 2.11 bits per heavy atom. The number of hydrogen-bond acceptors (Lipinski definition) is 3. The molecule has 3 nitrogen and oxygen atoms in total. The van der Waals surface area contributed by atoms with Crippen molar-refractivity contribution in [3.05, 3.63) is 76.6 Å². The van der Waals surface area contributed by atoms with Gasteiger partial charge in [0.2, 0.25) is 0 Å². The molecule has 0 amide bonds. The molecule has 2 aliphatic carbocycles. The lowest BCUT2D eigenvalue weighted by Crippen LogP contribution is -2.44. The maximum Gasteiger partial charge on any atom is 0.168 e. The predicted molar refractivity (Wildman–Crippen MR) is 102 cm³/mol. The van der Waals surface area contributed by atoms with E-state index >= 15 is 0 Å². The topological polar surface area (TPSA) is 58.3 Å². The predicted octanol–water partition coefficient (Wildman–Crippen LogP) is 3.13. The third-order valence-electron chi connectivity index (χ3n) is 4.93. The largest absolute Gasteiger partial charge is 0.390 e. The van der Waals surface area contributed by atoms with Crippen molar-refractivity contribution in [3.8, 4) is 12.3 Å². The van der Waals surface area contributed by atoms with E-state index in [-0.39, 0.29) is 12.0 Å². The number of hydrogen-bond donors (Lipinski definition) is 3. The summed E-state index contributed by atoms with van der Waals surface area (Å²) in [6, 6.07) is 7.17. The van der Waals surface area contributed by atoms with Gasteiger partial charge in [0.1, 0.15) is 5.83 Å². The number of benzene rings is 1. The van der Waals surface area contributed by atoms with Crippen molar-refractivity contribution in [1.82, 2.24) is 5.32 Å². The minimum atomic E-state index is -0.836. The molecule has 1 fully saturated rings. The second-order valence-electron chi connectivity index (χ2n) is 7.01. The molecule has 0 bridgehead atoms. The Hall–Kier alpha value is -2.48. The molecule has 0 saturated heterocycles. The average Bonchev–Trinajstić information content (AvgIpc) is 3.46. The molecule has 1 unspecified atom stereocenters. The quantitative estimate of drug-likeness (QED) is 0.512. The lowest BCUT2D eigenvalue weighted by molar-refractivity contribution is 0.136. The molecular weight excluding hydrogens is 346 g/mol. The SMILES string of the molecule is C#Cc1cccc(C2(NC[C@@H](O)C(N)CC3=CC(F)=CC(F)=C=C3)CC2)c1. The van der Waals surface area contributed by atoms with E-state index in [9.17, 15) is 13.9 Å². The van der Waals surface area contributed by atoms with E-state index < -0.39 is 23.8 Å². The zero-order chi connectivity index (χ0) is 19.4. The number of aliphatic hydroxyl groups is 1. The van der Waals surface area contributed by atoms with E-state index in [1.165, 1.54) is 12.2 Å². The van der Waals surface area contributed by atoms with Crippen LogP contribution in [0, 0.1) is 12.3 Å². The number of nitrogens with two attached hydrogens (primary N) is 1. The third kappa shape index (κ3) is 4.82. The minimum absolute atomic E-state index is 0.185. The monoisotopic (exact) mass is 368 g/mol. The van der Waals surface area contributed by atoms with Gasteiger partial charge in [-0.25, -0.2) is 4.39 Å². The highest BCUT2D eigenvalue weighted by Crippen LogP contribution is 2.45. The van der Waals surface area contributed by atoms with Crippen molar-refractivity contribution in [2.75, 3.05) is 6.54 Å². The molecule has 0 radical (unpaired) electrons. The van der Waals surface area contributed by atoms with E-state index in [0.717, 1.165) is 30.0 Å². The molecule has 27 heavy (non-hydrogen) atoms. The molecule has 2 atom stereocenters. The summed E-state index contributed by atoms with van der Waals surface area (Å²) in [6.45, 7) is 0.293. The second kappa shape index (κ2) is 8.04. The van der Waals surface area contributed by atoms with Crippen LogP contribution < -0.4 is 11.1 Å². The van der Waals surface area contributed by atoms with Crippen LogP contribution in [0.4, 0.5) is 8.78 Å². The molecule has 1 aromatic rings. The molecule has 140 valence electrons. The Morgan fingerprint density at radius 3 is 2.81 bits per heavy atom. The van der Waals surface area contributed by atoms with Crippen LogP contribution in [-0.2, 0) is 5.54 Å². The molecule has 0 aromatic heterocycles. The van der Waals surface area contributed by atoms with Crippen molar-refractivity contribution in [2.24, 2.45) is 5.73 Å². The van der Waals surface area contributed by atoms with Gasteiger partial charge in [0.05, 0.1) is 6.10 Å². The van der Waals surface area contributed by atoms with Gasteiger partial charge < -0.3 is 16.2 Å². The van der Waals surface area contributed by atoms with E-state index in [2.05, 4.69) is 17.0 Å². The fourth-order valence-corrected chi connectivity index (χ4v) is 3.16. The van der Waals surface area contributed by atoms with Gasteiger partial charge in [0, 0.05) is 29.8 Å². The Labute approximate surface area is 158 Å². The van der Waals surface area contributed by atoms with E-state index in [4.69, 9.17) is 12.2 Å². The van der Waals surface area contributed by atoms with Gasteiger partial charge in [-0.2, -0.15) is 4.39 Å². The molecule has 0 spiro atoms. The van der Waals surface area contributed by atoms with E-state index in [1.54, 1.807) is 0 Å². The maximum atomic E-state index is 13.5. The van der Waals surface area contributed by atoms with Gasteiger partial charge >= 0.3 is 0 Å². The van der Waals surface area contributed by atoms with Crippen molar-refractivity contribution in [1.29, 1.82) is 0 Å². The number of halogens is 2. The lowest BCUT2D eigenvalue weighted by atomic mass is 9.99. The minimum Gasteiger partial charge on any atom is -0.390 e. The molecule has 2 aliphatic rings. The number of rotatable bonds is 7. The van der Waals surface area contributed by atoms with Crippen LogP contribution in [-0.4, -0.2) is 23.8 Å². The second-order valence-corrected chi connectivity index (χ2v) is 7.01. The first-order valence-electron chi connectivity index (χ1n) is 8.88. The van der Waals surface area contributed by atoms with Crippen LogP contribution in [0.1, 0.15) is 30.4 Å². The average molecular weight is 368 g/mol. The van der Waals surface area contributed by atoms with Gasteiger partial charge in [-0.3, -0.25) is 0 Å². The lowest BCUT2D eigenvalue weighted by Gasteiger charge is -2.24. The molecular formula is C22H22F2N2O. The summed E-state index contributed by atoms with van der Waals surface area (Å²) in [5, 5.41) is 13.8. The van der Waals surface area contributed by atoms with Gasteiger partial charge in [0.15, 0.2) is 5.83 Å². The Morgan fingerprint density at radius 1 is 1.33 bits per heavy atom. The summed E-state index contributed by atoms with van der Waals surface area (Å²) in [6.07, 6.45) is 10.1. The summed E-state index contributed by atoms with van der Waals surface area (Å²) < 4.78 is 26.7. The summed E-state index contributed by atoms with van der Waals surface area (Å²) >= 11 is 0. The summed E-state index contributed by atoms with van der Waals surface area (Å²) in [4.78, 5) is 0. The summed E-state index contributed by atoms with van der Waals surface area (Å²) in [5.74, 6) is 1.15. The zero-order valence-electron chi connectivity index (χ0n) is 14.9. The van der Waals surface area contributed by atoms with Gasteiger partial charge in [-0.15, -0.1) is 6.42 Å². The highest BCUT2D eigenvalue weighted by atomic mass is 19.1. The number of nitrogens with one attached hydrogen (secondary N) is 1. The Kier molecular flexibility index (Phi) is 5.74. The molecule has 5 heteroatoms. The highest BCUT2D eigenvalue weighted by molar-refractivity contribution is 5.40. The van der Waals surface area contributed by atoms with Gasteiger partial charge in [0.25, 0.3) is 0 Å². The fraction of sp³-hybridized carbons (Fsp3) is 0.318. The Bertz CT molecular complexity index is 884. The van der Waals surface area contributed by atoms with Crippen LogP contribution in [0.25, 0.3) is 0 Å². The number of terminal acetylenes is 1. The van der Waals surface area contributed by atoms with Crippen molar-refractivity contribution in [2.45, 2.75) is 36.9 Å². The van der Waals surface area contributed by atoms with Crippen LogP contribution in [0.15, 0.2) is 65.5 Å². The third-order valence-corrected chi connectivity index (χ3v) is 4.93. The zero-order valence-corrected chi connectivity index (χ0v) is 14.9.